The van der Waals surface area contributed by atoms with Crippen molar-refractivity contribution in [1.29, 1.82) is 0 Å². The molecule has 1 heterocycles. The first kappa shape index (κ1) is 18.0. The second-order valence-electron chi connectivity index (χ2n) is 4.81. The summed E-state index contributed by atoms with van der Waals surface area (Å²) >= 11 is 3.78. The van der Waals surface area contributed by atoms with Gasteiger partial charge in [-0.25, -0.2) is 0 Å². The van der Waals surface area contributed by atoms with Crippen molar-refractivity contribution in [2.24, 2.45) is 0 Å². The Labute approximate surface area is 154 Å². The molecule has 0 aliphatic carbocycles. The van der Waals surface area contributed by atoms with Gasteiger partial charge >= 0.3 is 0 Å². The van der Waals surface area contributed by atoms with E-state index >= 15 is 0 Å². The lowest BCUT2D eigenvalue weighted by Gasteiger charge is -2.07. The first-order valence-corrected chi connectivity index (χ1v) is 9.41. The number of aryl methyl sites for hydroxylation is 1. The van der Waals surface area contributed by atoms with Gasteiger partial charge in [-0.05, 0) is 46.9 Å². The van der Waals surface area contributed by atoms with Crippen LogP contribution in [0.5, 0.6) is 0 Å². The standard InChI is InChI=1S/C16H19IN4OS/c1-3-10-21-14(4-2)19-20-16(21)23-11-9-15(22)18-13-7-5-12(17)6-8-13/h3,5-8H,1,4,9-11H2,2H3,(H,18,22). The summed E-state index contributed by atoms with van der Waals surface area (Å²) in [6.07, 6.45) is 3.09. The quantitative estimate of drug-likeness (QED) is 0.385. The van der Waals surface area contributed by atoms with E-state index in [1.165, 1.54) is 0 Å². The number of rotatable bonds is 8. The molecular formula is C16H19IN4OS. The molecule has 0 bridgehead atoms. The molecular weight excluding hydrogens is 423 g/mol. The van der Waals surface area contributed by atoms with Gasteiger partial charge in [0, 0.05) is 34.4 Å². The molecule has 5 nitrogen and oxygen atoms in total. The van der Waals surface area contributed by atoms with E-state index in [9.17, 15) is 4.79 Å². The first-order valence-electron chi connectivity index (χ1n) is 7.35. The third kappa shape index (κ3) is 5.35. The van der Waals surface area contributed by atoms with E-state index in [0.29, 0.717) is 18.7 Å². The molecule has 0 spiro atoms. The van der Waals surface area contributed by atoms with Gasteiger partial charge in [0.15, 0.2) is 5.16 Å². The Morgan fingerprint density at radius 2 is 2.13 bits per heavy atom. The molecule has 0 saturated heterocycles. The van der Waals surface area contributed by atoms with Crippen LogP contribution in [0.4, 0.5) is 5.69 Å². The van der Waals surface area contributed by atoms with Crippen LogP contribution < -0.4 is 5.32 Å². The SMILES string of the molecule is C=CCn1c(CC)nnc1SCCC(=O)Nc1ccc(I)cc1. The minimum Gasteiger partial charge on any atom is -0.326 e. The third-order valence-electron chi connectivity index (χ3n) is 3.11. The van der Waals surface area contributed by atoms with Gasteiger partial charge in [-0.15, -0.1) is 16.8 Å². The lowest BCUT2D eigenvalue weighted by atomic mass is 10.3. The molecule has 1 N–H and O–H groups in total. The average Bonchev–Trinajstić information content (AvgIpc) is 2.92. The smallest absolute Gasteiger partial charge is 0.225 e. The largest absolute Gasteiger partial charge is 0.326 e. The van der Waals surface area contributed by atoms with E-state index in [2.05, 4.69) is 44.7 Å². The summed E-state index contributed by atoms with van der Waals surface area (Å²) in [4.78, 5) is 12.0. The van der Waals surface area contributed by atoms with Gasteiger partial charge in [0.1, 0.15) is 5.82 Å². The van der Waals surface area contributed by atoms with E-state index in [1.807, 2.05) is 41.8 Å². The molecule has 2 rings (SSSR count). The van der Waals surface area contributed by atoms with Crippen molar-refractivity contribution in [3.05, 3.63) is 46.3 Å². The molecule has 122 valence electrons. The number of aromatic nitrogens is 3. The number of allylic oxidation sites excluding steroid dienone is 1. The number of hydrogen-bond acceptors (Lipinski definition) is 4. The highest BCUT2D eigenvalue weighted by Gasteiger charge is 2.11. The van der Waals surface area contributed by atoms with E-state index < -0.39 is 0 Å². The van der Waals surface area contributed by atoms with Crippen LogP contribution in [0, 0.1) is 3.57 Å². The van der Waals surface area contributed by atoms with Gasteiger partial charge in [-0.3, -0.25) is 4.79 Å². The normalized spacial score (nSPS) is 10.5. The van der Waals surface area contributed by atoms with E-state index in [1.54, 1.807) is 11.8 Å². The van der Waals surface area contributed by atoms with Crippen molar-refractivity contribution in [2.45, 2.75) is 31.5 Å². The molecule has 0 atom stereocenters. The number of nitrogens with one attached hydrogen (secondary N) is 1. The number of benzene rings is 1. The van der Waals surface area contributed by atoms with Gasteiger partial charge in [-0.1, -0.05) is 24.8 Å². The van der Waals surface area contributed by atoms with Crippen LogP contribution in [0.25, 0.3) is 0 Å². The molecule has 1 amide bonds. The molecule has 2 aromatic rings. The van der Waals surface area contributed by atoms with Crippen LogP contribution >= 0.6 is 34.4 Å². The van der Waals surface area contributed by atoms with E-state index in [-0.39, 0.29) is 5.91 Å². The van der Waals surface area contributed by atoms with Gasteiger partial charge in [0.2, 0.25) is 5.91 Å². The molecule has 1 aromatic carbocycles. The van der Waals surface area contributed by atoms with Crippen LogP contribution in [-0.2, 0) is 17.8 Å². The van der Waals surface area contributed by atoms with Crippen LogP contribution in [0.2, 0.25) is 0 Å². The zero-order valence-corrected chi connectivity index (χ0v) is 15.9. The summed E-state index contributed by atoms with van der Waals surface area (Å²) in [5.41, 5.74) is 0.823. The highest BCUT2D eigenvalue weighted by Crippen LogP contribution is 2.19. The second kappa shape index (κ2) is 9.07. The maximum atomic E-state index is 12.0. The predicted octanol–water partition coefficient (Wildman–Crippen LogP) is 3.75. The van der Waals surface area contributed by atoms with Gasteiger partial charge in [0.25, 0.3) is 0 Å². The van der Waals surface area contributed by atoms with Gasteiger partial charge in [-0.2, -0.15) is 0 Å². The Balaban J connectivity index is 1.84. The molecule has 0 radical (unpaired) electrons. The fourth-order valence-corrected chi connectivity index (χ4v) is 3.26. The fraction of sp³-hybridized carbons (Fsp3) is 0.312. The number of hydrogen-bond donors (Lipinski definition) is 1. The maximum Gasteiger partial charge on any atom is 0.225 e. The molecule has 0 aliphatic heterocycles. The third-order valence-corrected chi connectivity index (χ3v) is 4.80. The lowest BCUT2D eigenvalue weighted by Crippen LogP contribution is -2.12. The zero-order chi connectivity index (χ0) is 16.7. The van der Waals surface area contributed by atoms with Crippen LogP contribution in [0.1, 0.15) is 19.2 Å². The Morgan fingerprint density at radius 1 is 1.39 bits per heavy atom. The van der Waals surface area contributed by atoms with Crippen molar-refractivity contribution in [1.82, 2.24) is 14.8 Å². The topological polar surface area (TPSA) is 59.8 Å². The summed E-state index contributed by atoms with van der Waals surface area (Å²) in [5.74, 6) is 1.61. The summed E-state index contributed by atoms with van der Waals surface area (Å²) < 4.78 is 3.18. The minimum absolute atomic E-state index is 0.00390. The Morgan fingerprint density at radius 3 is 2.78 bits per heavy atom. The number of carbonyl (C=O) groups excluding carboxylic acids is 1. The summed E-state index contributed by atoms with van der Waals surface area (Å²) in [6.45, 7) is 6.50. The lowest BCUT2D eigenvalue weighted by molar-refractivity contribution is -0.115. The van der Waals surface area contributed by atoms with Crippen molar-refractivity contribution in [3.63, 3.8) is 0 Å². The highest BCUT2D eigenvalue weighted by molar-refractivity contribution is 14.1. The first-order chi connectivity index (χ1) is 11.1. The van der Waals surface area contributed by atoms with Crippen LogP contribution in [0.15, 0.2) is 42.1 Å². The number of anilines is 1. The Hall–Kier alpha value is -1.35. The average molecular weight is 442 g/mol. The number of thioether (sulfide) groups is 1. The Bertz CT molecular complexity index is 669. The summed E-state index contributed by atoms with van der Waals surface area (Å²) in [7, 11) is 0. The number of amides is 1. The van der Waals surface area contributed by atoms with Gasteiger partial charge in [0.05, 0.1) is 0 Å². The second-order valence-corrected chi connectivity index (χ2v) is 7.11. The van der Waals surface area contributed by atoms with Crippen molar-refractivity contribution in [3.8, 4) is 0 Å². The molecule has 0 aliphatic rings. The van der Waals surface area contributed by atoms with Crippen molar-refractivity contribution >= 4 is 45.9 Å². The van der Waals surface area contributed by atoms with Crippen LogP contribution in [0.3, 0.4) is 0 Å². The fourth-order valence-electron chi connectivity index (χ4n) is 1.99. The predicted molar refractivity (Wildman–Crippen MR) is 103 cm³/mol. The van der Waals surface area contributed by atoms with Gasteiger partial charge < -0.3 is 9.88 Å². The molecule has 0 saturated carbocycles. The molecule has 1 aromatic heterocycles. The maximum absolute atomic E-state index is 12.0. The van der Waals surface area contributed by atoms with Crippen LogP contribution in [-0.4, -0.2) is 26.4 Å². The number of carbonyl (C=O) groups is 1. The molecule has 0 fully saturated rings. The molecule has 7 heteroatoms. The zero-order valence-electron chi connectivity index (χ0n) is 13.0. The molecule has 0 unspecified atom stereocenters. The number of nitrogens with zero attached hydrogens (tertiary/aromatic N) is 3. The van der Waals surface area contributed by atoms with Crippen molar-refractivity contribution < 1.29 is 4.79 Å². The Kier molecular flexibility index (Phi) is 7.10. The number of halogens is 1. The minimum atomic E-state index is 0.00390. The monoisotopic (exact) mass is 442 g/mol. The van der Waals surface area contributed by atoms with Crippen molar-refractivity contribution in [2.75, 3.05) is 11.1 Å². The van der Waals surface area contributed by atoms with E-state index in [4.69, 9.17) is 0 Å². The summed E-state index contributed by atoms with van der Waals surface area (Å²) in [6, 6.07) is 7.74. The highest BCUT2D eigenvalue weighted by atomic mass is 127. The summed E-state index contributed by atoms with van der Waals surface area (Å²) in [5, 5.41) is 12.1. The molecule has 23 heavy (non-hydrogen) atoms. The van der Waals surface area contributed by atoms with E-state index in [0.717, 1.165) is 26.7 Å².